The Morgan fingerprint density at radius 3 is 2.29 bits per heavy atom. The summed E-state index contributed by atoms with van der Waals surface area (Å²) in [7, 11) is 0. The van der Waals surface area contributed by atoms with Crippen molar-refractivity contribution in [2.75, 3.05) is 0 Å². The molecule has 0 nitrogen and oxygen atoms in total. The number of fused-ring (bicyclic) bond motifs is 2. The van der Waals surface area contributed by atoms with E-state index < -0.39 is 0 Å². The monoisotopic (exact) mass is 478 g/mol. The molecule has 0 amide bonds. The van der Waals surface area contributed by atoms with Crippen LogP contribution in [0, 0.1) is 34.4 Å². The Labute approximate surface area is 210 Å². The fourth-order valence-corrected chi connectivity index (χ4v) is 9.61. The summed E-state index contributed by atoms with van der Waals surface area (Å²) in [6, 6.07) is 14.4. The van der Waals surface area contributed by atoms with E-state index in [0.29, 0.717) is 23.2 Å². The van der Waals surface area contributed by atoms with Crippen LogP contribution in [0.5, 0.6) is 0 Å². The van der Waals surface area contributed by atoms with Crippen LogP contribution in [0.1, 0.15) is 108 Å². The maximum atomic E-state index is 14.7. The summed E-state index contributed by atoms with van der Waals surface area (Å²) < 4.78 is 14.7. The Hall–Kier alpha value is -1.34. The van der Waals surface area contributed by atoms with Gasteiger partial charge in [-0.15, -0.1) is 0 Å². The average molecular weight is 479 g/mol. The molecule has 2 aromatic carbocycles. The first-order valence-corrected chi connectivity index (χ1v) is 14.1. The van der Waals surface area contributed by atoms with Crippen LogP contribution in [-0.2, 0) is 5.41 Å². The summed E-state index contributed by atoms with van der Waals surface area (Å²) in [5.74, 6) is 3.06. The SMILES string of the molecule is CC(C)[C@]12CCC[C@H](c3cccc(C(C)(C)[C@]45CCC[C@H](c6ccccc6F)C4C5)c3Cl)C1C2. The molecule has 0 spiro atoms. The Morgan fingerprint density at radius 2 is 1.56 bits per heavy atom. The highest BCUT2D eigenvalue weighted by atomic mass is 35.5. The van der Waals surface area contributed by atoms with Gasteiger partial charge in [0.1, 0.15) is 5.82 Å². The second-order valence-corrected chi connectivity index (χ2v) is 13.4. The van der Waals surface area contributed by atoms with Crippen molar-refractivity contribution >= 4 is 11.6 Å². The van der Waals surface area contributed by atoms with Gasteiger partial charge in [-0.2, -0.15) is 0 Å². The Balaban J connectivity index is 1.32. The first-order chi connectivity index (χ1) is 16.2. The maximum absolute atomic E-state index is 14.7. The number of rotatable bonds is 5. The summed E-state index contributed by atoms with van der Waals surface area (Å²) in [6.45, 7) is 9.70. The molecule has 6 atom stereocenters. The van der Waals surface area contributed by atoms with Crippen molar-refractivity contribution in [3.8, 4) is 0 Å². The van der Waals surface area contributed by atoms with Crippen LogP contribution in [0.25, 0.3) is 0 Å². The molecular weight excluding hydrogens is 439 g/mol. The molecule has 4 aliphatic carbocycles. The fourth-order valence-electron chi connectivity index (χ4n) is 9.11. The van der Waals surface area contributed by atoms with E-state index in [-0.39, 0.29) is 16.6 Å². The zero-order chi connectivity index (χ0) is 23.9. The lowest BCUT2D eigenvalue weighted by atomic mass is 9.62. The van der Waals surface area contributed by atoms with Crippen molar-refractivity contribution in [1.82, 2.24) is 0 Å². The second-order valence-electron chi connectivity index (χ2n) is 13.0. The molecule has 2 aromatic rings. The van der Waals surface area contributed by atoms with Gasteiger partial charge in [0.05, 0.1) is 0 Å². The van der Waals surface area contributed by atoms with Gasteiger partial charge in [0, 0.05) is 5.02 Å². The highest BCUT2D eigenvalue weighted by molar-refractivity contribution is 6.32. The molecule has 4 fully saturated rings. The highest BCUT2D eigenvalue weighted by Crippen LogP contribution is 2.74. The predicted octanol–water partition coefficient (Wildman–Crippen LogP) is 9.66. The van der Waals surface area contributed by atoms with Gasteiger partial charge in [0.2, 0.25) is 0 Å². The molecule has 0 N–H and O–H groups in total. The van der Waals surface area contributed by atoms with Crippen LogP contribution in [-0.4, -0.2) is 0 Å². The Bertz CT molecular complexity index is 1100. The minimum Gasteiger partial charge on any atom is -0.207 e. The molecule has 0 radical (unpaired) electrons. The van der Waals surface area contributed by atoms with Gasteiger partial charge in [-0.05, 0) is 107 Å². The van der Waals surface area contributed by atoms with E-state index in [2.05, 4.69) is 45.9 Å². The van der Waals surface area contributed by atoms with Crippen molar-refractivity contribution in [2.45, 2.75) is 96.3 Å². The topological polar surface area (TPSA) is 0 Å². The molecule has 0 aliphatic heterocycles. The molecular formula is C32H40ClF. The van der Waals surface area contributed by atoms with Crippen LogP contribution in [0.3, 0.4) is 0 Å². The molecule has 0 aromatic heterocycles. The smallest absolute Gasteiger partial charge is 0.126 e. The molecule has 6 rings (SSSR count). The molecule has 4 saturated carbocycles. The van der Waals surface area contributed by atoms with Gasteiger partial charge >= 0.3 is 0 Å². The standard InChI is InChI=1S/C32H40ClF/c1-20(2)31-16-8-12-22(26(31)18-31)24-11-7-14-25(29(24)33)30(3,4)32-17-9-13-21(27(32)19-32)23-10-5-6-15-28(23)34/h5-7,10-11,14-15,20-22,26-27H,8-9,12-13,16-19H2,1-4H3/t21-,22-,26?,27?,31-,32+/m1/s1. The summed E-state index contributed by atoms with van der Waals surface area (Å²) in [6.07, 6.45) is 10.1. The lowest BCUT2D eigenvalue weighted by molar-refractivity contribution is 0.192. The third kappa shape index (κ3) is 3.14. The molecule has 34 heavy (non-hydrogen) atoms. The van der Waals surface area contributed by atoms with Crippen LogP contribution in [0.15, 0.2) is 42.5 Å². The molecule has 0 heterocycles. The summed E-state index contributed by atoms with van der Waals surface area (Å²) >= 11 is 7.35. The lowest BCUT2D eigenvalue weighted by Gasteiger charge is -2.42. The molecule has 2 unspecified atom stereocenters. The quantitative estimate of drug-likeness (QED) is 0.401. The molecule has 0 saturated heterocycles. The molecule has 0 bridgehead atoms. The fraction of sp³-hybridized carbons (Fsp3) is 0.625. The highest BCUT2D eigenvalue weighted by Gasteiger charge is 2.67. The van der Waals surface area contributed by atoms with Crippen molar-refractivity contribution in [3.63, 3.8) is 0 Å². The number of benzene rings is 2. The van der Waals surface area contributed by atoms with Gasteiger partial charge in [0.15, 0.2) is 0 Å². The first kappa shape index (κ1) is 23.1. The third-order valence-corrected chi connectivity index (χ3v) is 11.8. The van der Waals surface area contributed by atoms with E-state index in [9.17, 15) is 4.39 Å². The van der Waals surface area contributed by atoms with Crippen LogP contribution >= 0.6 is 11.6 Å². The van der Waals surface area contributed by atoms with Gasteiger partial charge in [-0.3, -0.25) is 0 Å². The van der Waals surface area contributed by atoms with Crippen LogP contribution in [0.4, 0.5) is 4.39 Å². The zero-order valence-corrected chi connectivity index (χ0v) is 22.1. The lowest BCUT2D eigenvalue weighted by Crippen LogP contribution is -2.36. The number of hydrogen-bond donors (Lipinski definition) is 0. The van der Waals surface area contributed by atoms with E-state index in [1.165, 1.54) is 56.1 Å². The largest absolute Gasteiger partial charge is 0.207 e. The summed E-state index contributed by atoms with van der Waals surface area (Å²) in [4.78, 5) is 0. The van der Waals surface area contributed by atoms with Crippen molar-refractivity contribution in [2.24, 2.45) is 28.6 Å². The van der Waals surface area contributed by atoms with Gasteiger partial charge < -0.3 is 0 Å². The van der Waals surface area contributed by atoms with E-state index >= 15 is 0 Å². The van der Waals surface area contributed by atoms with Crippen LogP contribution in [0.2, 0.25) is 5.02 Å². The van der Waals surface area contributed by atoms with E-state index in [0.717, 1.165) is 28.8 Å². The minimum absolute atomic E-state index is 0.0119. The predicted molar refractivity (Wildman–Crippen MR) is 140 cm³/mol. The van der Waals surface area contributed by atoms with Gasteiger partial charge in [-0.25, -0.2) is 4.39 Å². The van der Waals surface area contributed by atoms with E-state index in [1.807, 2.05) is 18.2 Å². The third-order valence-electron chi connectivity index (χ3n) is 11.4. The average Bonchev–Trinajstić information content (AvgIpc) is 3.72. The number of halogens is 2. The van der Waals surface area contributed by atoms with E-state index in [1.54, 1.807) is 6.07 Å². The maximum Gasteiger partial charge on any atom is 0.126 e. The second kappa shape index (κ2) is 7.83. The van der Waals surface area contributed by atoms with Crippen molar-refractivity contribution in [3.05, 3.63) is 70.0 Å². The van der Waals surface area contributed by atoms with Gasteiger partial charge in [0.25, 0.3) is 0 Å². The first-order valence-electron chi connectivity index (χ1n) is 13.8. The molecule has 4 aliphatic rings. The zero-order valence-electron chi connectivity index (χ0n) is 21.3. The summed E-state index contributed by atoms with van der Waals surface area (Å²) in [5.41, 5.74) is 4.47. The normalized spacial score (nSPS) is 36.7. The Morgan fingerprint density at radius 1 is 0.882 bits per heavy atom. The van der Waals surface area contributed by atoms with Crippen molar-refractivity contribution in [1.29, 1.82) is 0 Å². The Kier molecular flexibility index (Phi) is 5.31. The van der Waals surface area contributed by atoms with Crippen LogP contribution < -0.4 is 0 Å². The molecule has 2 heteroatoms. The number of hydrogen-bond acceptors (Lipinski definition) is 0. The van der Waals surface area contributed by atoms with Gasteiger partial charge in [-0.1, -0.05) is 88.5 Å². The molecule has 182 valence electrons. The summed E-state index contributed by atoms with van der Waals surface area (Å²) in [5, 5.41) is 1.04. The van der Waals surface area contributed by atoms with E-state index in [4.69, 9.17) is 11.6 Å². The van der Waals surface area contributed by atoms with Crippen molar-refractivity contribution < 1.29 is 4.39 Å². The minimum atomic E-state index is -0.0246.